The number of hydrogen-bond acceptors (Lipinski definition) is 4. The Morgan fingerprint density at radius 3 is 3.00 bits per heavy atom. The lowest BCUT2D eigenvalue weighted by Gasteiger charge is -2.36. The molecule has 0 bridgehead atoms. The highest BCUT2D eigenvalue weighted by molar-refractivity contribution is 5.76. The molecule has 3 N–H and O–H groups in total. The van der Waals surface area contributed by atoms with Crippen LogP contribution in [0.3, 0.4) is 0 Å². The van der Waals surface area contributed by atoms with Crippen molar-refractivity contribution in [3.05, 3.63) is 0 Å². The minimum Gasteiger partial charge on any atom is -0.350 e. The van der Waals surface area contributed by atoms with Crippen LogP contribution in [0.5, 0.6) is 0 Å². The number of hydrazine groups is 1. The lowest BCUT2D eigenvalue weighted by Crippen LogP contribution is -2.46. The summed E-state index contributed by atoms with van der Waals surface area (Å²) in [5, 5.41) is 0. The Hall–Kier alpha value is -0.650. The molecule has 1 fully saturated rings. The Kier molecular flexibility index (Phi) is 3.24. The SMILES string of the molecule is CC1CCOC(C)(CC(=O)NN)O1. The topological polar surface area (TPSA) is 73.6 Å². The van der Waals surface area contributed by atoms with E-state index in [4.69, 9.17) is 15.3 Å². The first-order chi connectivity index (χ1) is 6.06. The molecule has 1 rings (SSSR count). The molecular formula is C8H16N2O3. The van der Waals surface area contributed by atoms with E-state index in [0.29, 0.717) is 6.61 Å². The third-order valence-corrected chi connectivity index (χ3v) is 2.02. The van der Waals surface area contributed by atoms with Crippen molar-refractivity contribution in [1.29, 1.82) is 0 Å². The fourth-order valence-electron chi connectivity index (χ4n) is 1.39. The van der Waals surface area contributed by atoms with Crippen molar-refractivity contribution in [2.75, 3.05) is 6.61 Å². The minimum atomic E-state index is -0.818. The average Bonchev–Trinajstić information content (AvgIpc) is 2.02. The molecule has 1 heterocycles. The van der Waals surface area contributed by atoms with Crippen LogP contribution in [-0.2, 0) is 14.3 Å². The van der Waals surface area contributed by atoms with Crippen LogP contribution in [0.25, 0.3) is 0 Å². The van der Waals surface area contributed by atoms with Crippen LogP contribution in [-0.4, -0.2) is 24.4 Å². The summed E-state index contributed by atoms with van der Waals surface area (Å²) in [7, 11) is 0. The smallest absolute Gasteiger partial charge is 0.239 e. The van der Waals surface area contributed by atoms with E-state index in [0.717, 1.165) is 6.42 Å². The first kappa shape index (κ1) is 10.4. The molecule has 0 aromatic carbocycles. The number of nitrogens with two attached hydrogens (primary N) is 1. The molecule has 0 aliphatic carbocycles. The van der Waals surface area contributed by atoms with Crippen LogP contribution >= 0.6 is 0 Å². The van der Waals surface area contributed by atoms with Gasteiger partial charge in [0.15, 0.2) is 5.79 Å². The maximum absolute atomic E-state index is 11.0. The van der Waals surface area contributed by atoms with Crippen LogP contribution < -0.4 is 11.3 Å². The standard InChI is InChI=1S/C8H16N2O3/c1-6-3-4-12-8(2,13-6)5-7(11)10-9/h6H,3-5,9H2,1-2H3,(H,10,11). The van der Waals surface area contributed by atoms with Gasteiger partial charge >= 0.3 is 0 Å². The number of hydrogen-bond donors (Lipinski definition) is 2. The van der Waals surface area contributed by atoms with E-state index >= 15 is 0 Å². The van der Waals surface area contributed by atoms with Crippen molar-refractivity contribution < 1.29 is 14.3 Å². The van der Waals surface area contributed by atoms with E-state index in [-0.39, 0.29) is 18.4 Å². The number of carbonyl (C=O) groups is 1. The number of ether oxygens (including phenoxy) is 2. The first-order valence-corrected chi connectivity index (χ1v) is 4.37. The van der Waals surface area contributed by atoms with Crippen LogP contribution in [0.15, 0.2) is 0 Å². The molecule has 0 radical (unpaired) electrons. The van der Waals surface area contributed by atoms with E-state index in [1.54, 1.807) is 6.92 Å². The van der Waals surface area contributed by atoms with Crippen LogP contribution in [0, 0.1) is 0 Å². The second-order valence-electron chi connectivity index (χ2n) is 3.44. The second kappa shape index (κ2) is 4.04. The summed E-state index contributed by atoms with van der Waals surface area (Å²) in [5.74, 6) is 3.87. The third kappa shape index (κ3) is 2.95. The van der Waals surface area contributed by atoms with E-state index < -0.39 is 5.79 Å². The van der Waals surface area contributed by atoms with Gasteiger partial charge in [0.05, 0.1) is 19.1 Å². The molecule has 0 spiro atoms. The van der Waals surface area contributed by atoms with Gasteiger partial charge in [-0.25, -0.2) is 5.84 Å². The highest BCUT2D eigenvalue weighted by Gasteiger charge is 2.34. The molecule has 76 valence electrons. The fourth-order valence-corrected chi connectivity index (χ4v) is 1.39. The molecular weight excluding hydrogens is 172 g/mol. The maximum Gasteiger partial charge on any atom is 0.239 e. The number of carbonyl (C=O) groups excluding carboxylic acids is 1. The van der Waals surface area contributed by atoms with Gasteiger partial charge in [-0.2, -0.15) is 0 Å². The number of nitrogens with one attached hydrogen (secondary N) is 1. The predicted octanol–water partition coefficient (Wildman–Crippen LogP) is -0.0920. The Balaban J connectivity index is 2.49. The zero-order valence-electron chi connectivity index (χ0n) is 8.00. The molecule has 2 unspecified atom stereocenters. The highest BCUT2D eigenvalue weighted by atomic mass is 16.7. The molecule has 0 saturated carbocycles. The van der Waals surface area contributed by atoms with Crippen LogP contribution in [0.2, 0.25) is 0 Å². The van der Waals surface area contributed by atoms with E-state index in [2.05, 4.69) is 5.43 Å². The van der Waals surface area contributed by atoms with Gasteiger partial charge in [-0.05, 0) is 20.3 Å². The molecule has 1 saturated heterocycles. The predicted molar refractivity (Wildman–Crippen MR) is 46.5 cm³/mol. The zero-order chi connectivity index (χ0) is 9.90. The molecule has 13 heavy (non-hydrogen) atoms. The van der Waals surface area contributed by atoms with Crippen molar-refractivity contribution in [2.45, 2.75) is 38.6 Å². The van der Waals surface area contributed by atoms with Crippen molar-refractivity contribution >= 4 is 5.91 Å². The van der Waals surface area contributed by atoms with E-state index in [1.807, 2.05) is 6.92 Å². The van der Waals surface area contributed by atoms with Crippen LogP contribution in [0.4, 0.5) is 0 Å². The maximum atomic E-state index is 11.0. The number of rotatable bonds is 2. The van der Waals surface area contributed by atoms with Crippen molar-refractivity contribution in [2.24, 2.45) is 5.84 Å². The van der Waals surface area contributed by atoms with Crippen molar-refractivity contribution in [1.82, 2.24) is 5.43 Å². The van der Waals surface area contributed by atoms with Gasteiger partial charge in [-0.1, -0.05) is 0 Å². The molecule has 1 amide bonds. The Morgan fingerprint density at radius 1 is 1.77 bits per heavy atom. The Morgan fingerprint density at radius 2 is 2.46 bits per heavy atom. The molecule has 1 aliphatic heterocycles. The quantitative estimate of drug-likeness (QED) is 0.361. The van der Waals surface area contributed by atoms with Gasteiger partial charge in [0.1, 0.15) is 0 Å². The molecule has 5 nitrogen and oxygen atoms in total. The lowest BCUT2D eigenvalue weighted by molar-refractivity contribution is -0.279. The molecule has 0 aromatic heterocycles. The largest absolute Gasteiger partial charge is 0.350 e. The summed E-state index contributed by atoms with van der Waals surface area (Å²) in [4.78, 5) is 11.0. The van der Waals surface area contributed by atoms with Gasteiger partial charge in [0, 0.05) is 0 Å². The van der Waals surface area contributed by atoms with Crippen molar-refractivity contribution in [3.8, 4) is 0 Å². The molecule has 1 aliphatic rings. The van der Waals surface area contributed by atoms with Gasteiger partial charge in [-0.3, -0.25) is 10.2 Å². The Bertz CT molecular complexity index is 198. The van der Waals surface area contributed by atoms with Gasteiger partial charge in [0.25, 0.3) is 0 Å². The molecule has 0 aromatic rings. The van der Waals surface area contributed by atoms with E-state index in [1.165, 1.54) is 0 Å². The summed E-state index contributed by atoms with van der Waals surface area (Å²) < 4.78 is 10.9. The minimum absolute atomic E-state index is 0.129. The first-order valence-electron chi connectivity index (χ1n) is 4.37. The van der Waals surface area contributed by atoms with Gasteiger partial charge in [0.2, 0.25) is 5.91 Å². The monoisotopic (exact) mass is 188 g/mol. The normalized spacial score (nSPS) is 34.2. The zero-order valence-corrected chi connectivity index (χ0v) is 8.00. The van der Waals surface area contributed by atoms with E-state index in [9.17, 15) is 4.79 Å². The number of amides is 1. The summed E-state index contributed by atoms with van der Waals surface area (Å²) in [6.07, 6.45) is 1.12. The average molecular weight is 188 g/mol. The fraction of sp³-hybridized carbons (Fsp3) is 0.875. The second-order valence-corrected chi connectivity index (χ2v) is 3.44. The lowest BCUT2D eigenvalue weighted by atomic mass is 10.1. The Labute approximate surface area is 77.5 Å². The van der Waals surface area contributed by atoms with Crippen LogP contribution in [0.1, 0.15) is 26.7 Å². The summed E-state index contributed by atoms with van der Waals surface area (Å²) in [6.45, 7) is 4.33. The van der Waals surface area contributed by atoms with Gasteiger partial charge < -0.3 is 9.47 Å². The van der Waals surface area contributed by atoms with Gasteiger partial charge in [-0.15, -0.1) is 0 Å². The van der Waals surface area contributed by atoms with Crippen molar-refractivity contribution in [3.63, 3.8) is 0 Å². The summed E-state index contributed by atoms with van der Waals surface area (Å²) in [5.41, 5.74) is 2.05. The highest BCUT2D eigenvalue weighted by Crippen LogP contribution is 2.25. The molecule has 2 atom stereocenters. The molecule has 5 heteroatoms. The summed E-state index contributed by atoms with van der Waals surface area (Å²) in [6, 6.07) is 0. The third-order valence-electron chi connectivity index (χ3n) is 2.02. The summed E-state index contributed by atoms with van der Waals surface area (Å²) >= 11 is 0.